The van der Waals surface area contributed by atoms with Crippen LogP contribution in [0.5, 0.6) is 0 Å². The van der Waals surface area contributed by atoms with Gasteiger partial charge in [-0.1, -0.05) is 6.42 Å². The van der Waals surface area contributed by atoms with Crippen LogP contribution in [0.4, 0.5) is 0 Å². The molecule has 108 valence electrons. The summed E-state index contributed by atoms with van der Waals surface area (Å²) >= 11 is 1.84. The van der Waals surface area contributed by atoms with Gasteiger partial charge in [-0.05, 0) is 44.8 Å². The molecule has 0 aromatic heterocycles. The molecule has 2 aliphatic rings. The van der Waals surface area contributed by atoms with E-state index in [2.05, 4.69) is 11.6 Å². The third-order valence-corrected chi connectivity index (χ3v) is 5.70. The van der Waals surface area contributed by atoms with Crippen LogP contribution in [0.3, 0.4) is 0 Å². The fraction of sp³-hybridized carbons (Fsp3) is 0.857. The Bertz CT molecular complexity index is 340. The summed E-state index contributed by atoms with van der Waals surface area (Å²) in [7, 11) is 0. The van der Waals surface area contributed by atoms with Crippen molar-refractivity contribution < 1.29 is 14.7 Å². The van der Waals surface area contributed by atoms with Gasteiger partial charge in [0.2, 0.25) is 5.91 Å². The van der Waals surface area contributed by atoms with Crippen molar-refractivity contribution in [2.75, 3.05) is 6.26 Å². The van der Waals surface area contributed by atoms with Gasteiger partial charge in [-0.2, -0.15) is 11.8 Å². The Balaban J connectivity index is 1.80. The van der Waals surface area contributed by atoms with Crippen LogP contribution in [-0.4, -0.2) is 34.5 Å². The van der Waals surface area contributed by atoms with E-state index in [4.69, 9.17) is 5.11 Å². The maximum Gasteiger partial charge on any atom is 0.306 e. The summed E-state index contributed by atoms with van der Waals surface area (Å²) in [5, 5.41) is 12.7. The zero-order valence-electron chi connectivity index (χ0n) is 11.4. The third-order valence-electron chi connectivity index (χ3n) is 4.53. The Morgan fingerprint density at radius 2 is 1.68 bits per heavy atom. The monoisotopic (exact) mass is 285 g/mol. The average molecular weight is 285 g/mol. The quantitative estimate of drug-likeness (QED) is 0.831. The summed E-state index contributed by atoms with van der Waals surface area (Å²) in [5.74, 6) is -0.778. The van der Waals surface area contributed by atoms with Crippen LogP contribution in [0.15, 0.2) is 0 Å². The maximum absolute atomic E-state index is 12.2. The third kappa shape index (κ3) is 3.65. The highest BCUT2D eigenvalue weighted by molar-refractivity contribution is 7.99. The number of hydrogen-bond donors (Lipinski definition) is 2. The summed E-state index contributed by atoms with van der Waals surface area (Å²) in [4.78, 5) is 23.1. The summed E-state index contributed by atoms with van der Waals surface area (Å²) in [5.41, 5.74) is 0. The van der Waals surface area contributed by atoms with E-state index < -0.39 is 5.97 Å². The summed E-state index contributed by atoms with van der Waals surface area (Å²) in [6, 6.07) is 0.319. The normalized spacial score (nSPS) is 35.0. The van der Waals surface area contributed by atoms with Gasteiger partial charge in [0.25, 0.3) is 0 Å². The highest BCUT2D eigenvalue weighted by Gasteiger charge is 2.33. The minimum Gasteiger partial charge on any atom is -0.481 e. The van der Waals surface area contributed by atoms with Crippen molar-refractivity contribution in [3.8, 4) is 0 Å². The molecule has 5 heteroatoms. The molecular weight excluding hydrogens is 262 g/mol. The van der Waals surface area contributed by atoms with Crippen molar-refractivity contribution in [2.24, 2.45) is 11.8 Å². The van der Waals surface area contributed by atoms with Crippen LogP contribution in [0.2, 0.25) is 0 Å². The lowest BCUT2D eigenvalue weighted by atomic mass is 9.81. The van der Waals surface area contributed by atoms with Gasteiger partial charge in [0.15, 0.2) is 0 Å². The summed E-state index contributed by atoms with van der Waals surface area (Å²) in [6.07, 6.45) is 8.31. The lowest BCUT2D eigenvalue weighted by Crippen LogP contribution is -2.43. The largest absolute Gasteiger partial charge is 0.481 e. The van der Waals surface area contributed by atoms with Gasteiger partial charge in [-0.3, -0.25) is 9.59 Å². The first-order valence-corrected chi connectivity index (χ1v) is 8.46. The molecule has 0 aliphatic heterocycles. The highest BCUT2D eigenvalue weighted by atomic mass is 32.2. The topological polar surface area (TPSA) is 66.4 Å². The van der Waals surface area contributed by atoms with Crippen molar-refractivity contribution >= 4 is 23.6 Å². The van der Waals surface area contributed by atoms with Crippen LogP contribution in [0.25, 0.3) is 0 Å². The van der Waals surface area contributed by atoms with Crippen molar-refractivity contribution in [2.45, 2.75) is 56.2 Å². The Morgan fingerprint density at radius 1 is 1.05 bits per heavy atom. The number of aliphatic carboxylic acids is 1. The molecule has 0 aromatic carbocycles. The number of amides is 1. The minimum atomic E-state index is -0.711. The molecule has 2 fully saturated rings. The van der Waals surface area contributed by atoms with Gasteiger partial charge in [0.1, 0.15) is 0 Å². The van der Waals surface area contributed by atoms with Gasteiger partial charge >= 0.3 is 5.97 Å². The number of thioether (sulfide) groups is 1. The van der Waals surface area contributed by atoms with Gasteiger partial charge < -0.3 is 10.4 Å². The summed E-state index contributed by atoms with van der Waals surface area (Å²) < 4.78 is 0. The van der Waals surface area contributed by atoms with Gasteiger partial charge in [-0.15, -0.1) is 0 Å². The van der Waals surface area contributed by atoms with Crippen molar-refractivity contribution in [1.29, 1.82) is 0 Å². The fourth-order valence-electron chi connectivity index (χ4n) is 3.28. The van der Waals surface area contributed by atoms with Crippen molar-refractivity contribution in [3.05, 3.63) is 0 Å². The second-order valence-electron chi connectivity index (χ2n) is 5.71. The van der Waals surface area contributed by atoms with Crippen LogP contribution in [0.1, 0.15) is 44.9 Å². The maximum atomic E-state index is 12.2. The molecule has 2 rings (SSSR count). The van der Waals surface area contributed by atoms with Gasteiger partial charge in [0.05, 0.1) is 5.92 Å². The molecule has 2 aliphatic carbocycles. The number of rotatable bonds is 4. The number of carboxylic acids is 1. The van der Waals surface area contributed by atoms with E-state index in [0.717, 1.165) is 19.3 Å². The predicted molar refractivity (Wildman–Crippen MR) is 76.2 cm³/mol. The van der Waals surface area contributed by atoms with Crippen molar-refractivity contribution in [3.63, 3.8) is 0 Å². The molecule has 0 aromatic rings. The lowest BCUT2D eigenvalue weighted by Gasteiger charge is -2.27. The molecule has 2 atom stereocenters. The number of hydrogen-bond acceptors (Lipinski definition) is 3. The molecular formula is C14H23NO3S. The molecule has 4 nitrogen and oxygen atoms in total. The molecule has 0 heterocycles. The SMILES string of the molecule is CSC1CCCC1NC(=O)C1CCC(C(=O)O)CC1. The van der Waals surface area contributed by atoms with Crippen molar-refractivity contribution in [1.82, 2.24) is 5.32 Å². The van der Waals surface area contributed by atoms with E-state index in [9.17, 15) is 9.59 Å². The fourth-order valence-corrected chi connectivity index (χ4v) is 4.21. The molecule has 0 bridgehead atoms. The smallest absolute Gasteiger partial charge is 0.306 e. The second-order valence-corrected chi connectivity index (χ2v) is 6.78. The molecule has 1 amide bonds. The van der Waals surface area contributed by atoms with Crippen LogP contribution < -0.4 is 5.32 Å². The molecule has 2 unspecified atom stereocenters. The summed E-state index contributed by atoms with van der Waals surface area (Å²) in [6.45, 7) is 0. The van der Waals surface area contributed by atoms with E-state index in [0.29, 0.717) is 24.1 Å². The molecule has 0 saturated heterocycles. The number of carbonyl (C=O) groups is 2. The van der Waals surface area contributed by atoms with Crippen LogP contribution >= 0.6 is 11.8 Å². The number of nitrogens with one attached hydrogen (secondary N) is 1. The highest BCUT2D eigenvalue weighted by Crippen LogP contribution is 2.31. The Hall–Kier alpha value is -0.710. The first-order valence-electron chi connectivity index (χ1n) is 7.17. The van der Waals surface area contributed by atoms with E-state index in [1.54, 1.807) is 0 Å². The first-order chi connectivity index (χ1) is 9.11. The van der Waals surface area contributed by atoms with E-state index in [1.165, 1.54) is 12.8 Å². The van der Waals surface area contributed by atoms with E-state index >= 15 is 0 Å². The second kappa shape index (κ2) is 6.64. The first kappa shape index (κ1) is 14.7. The number of carbonyl (C=O) groups excluding carboxylic acids is 1. The zero-order chi connectivity index (χ0) is 13.8. The van der Waals surface area contributed by atoms with Gasteiger partial charge in [0, 0.05) is 17.2 Å². The lowest BCUT2D eigenvalue weighted by molar-refractivity contribution is -0.144. The molecule has 2 saturated carbocycles. The molecule has 2 N–H and O–H groups in total. The standard InChI is InChI=1S/C14H23NO3S/c1-19-12-4-2-3-11(12)15-13(16)9-5-7-10(8-6-9)14(17)18/h9-12H,2-8H2,1H3,(H,15,16)(H,17,18). The van der Waals surface area contributed by atoms with E-state index in [1.807, 2.05) is 11.8 Å². The van der Waals surface area contributed by atoms with Crippen LogP contribution in [0, 0.1) is 11.8 Å². The average Bonchev–Trinajstić information content (AvgIpc) is 2.86. The van der Waals surface area contributed by atoms with E-state index in [-0.39, 0.29) is 17.7 Å². The Kier molecular flexibility index (Phi) is 5.13. The Morgan fingerprint density at radius 3 is 2.26 bits per heavy atom. The minimum absolute atomic E-state index is 0.0266. The predicted octanol–water partition coefficient (Wildman–Crippen LogP) is 2.28. The zero-order valence-corrected chi connectivity index (χ0v) is 12.2. The van der Waals surface area contributed by atoms with Gasteiger partial charge in [-0.25, -0.2) is 0 Å². The number of carboxylic acid groups (broad SMARTS) is 1. The molecule has 0 spiro atoms. The van der Waals surface area contributed by atoms with Crippen LogP contribution in [-0.2, 0) is 9.59 Å². The Labute approximate surface area is 118 Å². The molecule has 19 heavy (non-hydrogen) atoms. The molecule has 0 radical (unpaired) electrons.